The first-order valence-electron chi connectivity index (χ1n) is 7.98. The lowest BCUT2D eigenvalue weighted by Gasteiger charge is -2.33. The van der Waals surface area contributed by atoms with Crippen molar-refractivity contribution in [3.8, 4) is 0 Å². The standard InChI is InChI=1S/C18H22O5/c1-4-22-15(19)12-10-18(21)14(16(20)23-17(18,2)3)13(12)11-8-6-5-7-9-11/h5-9,12-14,21H,4,10H2,1-3H3/t12-,13-,14-,18+/m1/s1. The fraction of sp³-hybridized carbons (Fsp3) is 0.556. The van der Waals surface area contributed by atoms with Crippen molar-refractivity contribution in [2.75, 3.05) is 6.61 Å². The van der Waals surface area contributed by atoms with Crippen molar-refractivity contribution in [3.63, 3.8) is 0 Å². The van der Waals surface area contributed by atoms with E-state index in [1.54, 1.807) is 20.8 Å². The third kappa shape index (κ3) is 2.26. The van der Waals surface area contributed by atoms with Gasteiger partial charge >= 0.3 is 11.9 Å². The molecule has 1 aromatic carbocycles. The highest BCUT2D eigenvalue weighted by Crippen LogP contribution is 2.59. The van der Waals surface area contributed by atoms with Gasteiger partial charge in [-0.3, -0.25) is 9.59 Å². The highest BCUT2D eigenvalue weighted by atomic mass is 16.6. The maximum atomic E-state index is 12.5. The number of cyclic esters (lactones) is 1. The molecule has 0 radical (unpaired) electrons. The van der Waals surface area contributed by atoms with Gasteiger partial charge in [-0.2, -0.15) is 0 Å². The summed E-state index contributed by atoms with van der Waals surface area (Å²) in [5.41, 5.74) is -1.55. The minimum absolute atomic E-state index is 0.162. The molecule has 1 aliphatic heterocycles. The molecule has 1 saturated carbocycles. The predicted octanol–water partition coefficient (Wildman–Crippen LogP) is 2.04. The fourth-order valence-electron chi connectivity index (χ4n) is 4.06. The van der Waals surface area contributed by atoms with Gasteiger partial charge in [-0.25, -0.2) is 0 Å². The summed E-state index contributed by atoms with van der Waals surface area (Å²) in [4.78, 5) is 24.9. The molecule has 0 bridgehead atoms. The van der Waals surface area contributed by atoms with Crippen molar-refractivity contribution >= 4 is 11.9 Å². The van der Waals surface area contributed by atoms with E-state index >= 15 is 0 Å². The monoisotopic (exact) mass is 318 g/mol. The van der Waals surface area contributed by atoms with Crippen LogP contribution >= 0.6 is 0 Å². The lowest BCUT2D eigenvalue weighted by molar-refractivity contribution is -0.157. The maximum absolute atomic E-state index is 12.5. The summed E-state index contributed by atoms with van der Waals surface area (Å²) < 4.78 is 10.6. The van der Waals surface area contributed by atoms with Crippen LogP contribution in [0.5, 0.6) is 0 Å². The number of benzene rings is 1. The summed E-state index contributed by atoms with van der Waals surface area (Å²) in [6.07, 6.45) is 0.162. The van der Waals surface area contributed by atoms with E-state index in [0.29, 0.717) is 0 Å². The molecule has 1 aliphatic carbocycles. The lowest BCUT2D eigenvalue weighted by atomic mass is 9.76. The number of rotatable bonds is 3. The first-order valence-corrected chi connectivity index (χ1v) is 7.98. The number of fused-ring (bicyclic) bond motifs is 1. The number of carbonyl (C=O) groups excluding carboxylic acids is 2. The highest BCUT2D eigenvalue weighted by molar-refractivity contribution is 5.84. The Morgan fingerprint density at radius 1 is 1.35 bits per heavy atom. The molecule has 5 nitrogen and oxygen atoms in total. The van der Waals surface area contributed by atoms with Gasteiger partial charge in [0.1, 0.15) is 11.2 Å². The Labute approximate surface area is 135 Å². The summed E-state index contributed by atoms with van der Waals surface area (Å²) in [6.45, 7) is 5.41. The molecule has 4 atom stereocenters. The van der Waals surface area contributed by atoms with Crippen LogP contribution in [0.1, 0.15) is 38.7 Å². The molecule has 1 heterocycles. The van der Waals surface area contributed by atoms with Crippen LogP contribution in [0.25, 0.3) is 0 Å². The molecular weight excluding hydrogens is 296 g/mol. The smallest absolute Gasteiger partial charge is 0.313 e. The summed E-state index contributed by atoms with van der Waals surface area (Å²) >= 11 is 0. The van der Waals surface area contributed by atoms with Gasteiger partial charge in [-0.1, -0.05) is 30.3 Å². The van der Waals surface area contributed by atoms with E-state index in [-0.39, 0.29) is 19.0 Å². The summed E-state index contributed by atoms with van der Waals surface area (Å²) in [6, 6.07) is 9.35. The number of ether oxygens (including phenoxy) is 2. The van der Waals surface area contributed by atoms with E-state index in [0.717, 1.165) is 5.56 Å². The average Bonchev–Trinajstić information content (AvgIpc) is 2.91. The van der Waals surface area contributed by atoms with Crippen LogP contribution in [0.3, 0.4) is 0 Å². The van der Waals surface area contributed by atoms with Crippen LogP contribution in [-0.4, -0.2) is 34.9 Å². The Morgan fingerprint density at radius 3 is 2.61 bits per heavy atom. The number of carbonyl (C=O) groups is 2. The van der Waals surface area contributed by atoms with Crippen molar-refractivity contribution in [2.24, 2.45) is 11.8 Å². The predicted molar refractivity (Wildman–Crippen MR) is 82.5 cm³/mol. The van der Waals surface area contributed by atoms with Crippen molar-refractivity contribution in [1.82, 2.24) is 0 Å². The van der Waals surface area contributed by atoms with Gasteiger partial charge in [0.05, 0.1) is 18.4 Å². The fourth-order valence-corrected chi connectivity index (χ4v) is 4.06. The van der Waals surface area contributed by atoms with Gasteiger partial charge in [0.2, 0.25) is 0 Å². The van der Waals surface area contributed by atoms with Crippen LogP contribution < -0.4 is 0 Å². The quantitative estimate of drug-likeness (QED) is 0.863. The number of esters is 2. The van der Waals surface area contributed by atoms with Gasteiger partial charge in [-0.15, -0.1) is 0 Å². The van der Waals surface area contributed by atoms with Crippen molar-refractivity contribution in [1.29, 1.82) is 0 Å². The second-order valence-electron chi connectivity index (χ2n) is 6.83. The van der Waals surface area contributed by atoms with Gasteiger partial charge < -0.3 is 14.6 Å². The molecule has 1 aromatic rings. The zero-order valence-corrected chi connectivity index (χ0v) is 13.6. The zero-order valence-electron chi connectivity index (χ0n) is 13.6. The molecule has 0 amide bonds. The molecule has 0 aromatic heterocycles. The molecule has 23 heavy (non-hydrogen) atoms. The SMILES string of the molecule is CCOC(=O)[C@@H]1C[C@]2(O)[C@@H](C(=O)OC2(C)C)[C@@H]1c1ccccc1. The minimum atomic E-state index is -1.37. The number of hydrogen-bond donors (Lipinski definition) is 1. The Morgan fingerprint density at radius 2 is 2.00 bits per heavy atom. The van der Waals surface area contributed by atoms with Gasteiger partial charge in [-0.05, 0) is 32.8 Å². The molecule has 2 aliphatic rings. The normalized spacial score (nSPS) is 34.8. The van der Waals surface area contributed by atoms with E-state index in [1.165, 1.54) is 0 Å². The van der Waals surface area contributed by atoms with Crippen molar-refractivity contribution in [2.45, 2.75) is 44.3 Å². The van der Waals surface area contributed by atoms with E-state index in [1.807, 2.05) is 30.3 Å². The largest absolute Gasteiger partial charge is 0.466 e. The highest BCUT2D eigenvalue weighted by Gasteiger charge is 2.70. The van der Waals surface area contributed by atoms with E-state index in [2.05, 4.69) is 0 Å². The van der Waals surface area contributed by atoms with Gasteiger partial charge in [0.25, 0.3) is 0 Å². The van der Waals surface area contributed by atoms with E-state index in [4.69, 9.17) is 9.47 Å². The Balaban J connectivity index is 2.08. The summed E-state index contributed by atoms with van der Waals surface area (Å²) in [5, 5.41) is 11.2. The Hall–Kier alpha value is -1.88. The van der Waals surface area contributed by atoms with Crippen LogP contribution in [0, 0.1) is 11.8 Å². The number of aliphatic hydroxyl groups is 1. The molecule has 0 spiro atoms. The average molecular weight is 318 g/mol. The zero-order chi connectivity index (χ0) is 16.8. The molecule has 0 unspecified atom stereocenters. The second-order valence-corrected chi connectivity index (χ2v) is 6.83. The summed E-state index contributed by atoms with van der Waals surface area (Å²) in [5.74, 6) is -2.56. The molecule has 124 valence electrons. The Kier molecular flexibility index (Phi) is 3.71. The van der Waals surface area contributed by atoms with Crippen LogP contribution in [0.2, 0.25) is 0 Å². The second kappa shape index (κ2) is 5.34. The van der Waals surface area contributed by atoms with Crippen LogP contribution in [-0.2, 0) is 19.1 Å². The molecule has 1 N–H and O–H groups in total. The lowest BCUT2D eigenvalue weighted by Crippen LogP contribution is -2.48. The molecule has 1 saturated heterocycles. The molecular formula is C18H22O5. The Bertz CT molecular complexity index is 624. The number of hydrogen-bond acceptors (Lipinski definition) is 5. The molecule has 5 heteroatoms. The first kappa shape index (κ1) is 16.0. The first-order chi connectivity index (χ1) is 10.8. The topological polar surface area (TPSA) is 72.8 Å². The van der Waals surface area contributed by atoms with Crippen LogP contribution in [0.4, 0.5) is 0 Å². The van der Waals surface area contributed by atoms with E-state index in [9.17, 15) is 14.7 Å². The summed E-state index contributed by atoms with van der Waals surface area (Å²) in [7, 11) is 0. The third-order valence-electron chi connectivity index (χ3n) is 5.26. The van der Waals surface area contributed by atoms with Gasteiger partial charge in [0, 0.05) is 5.92 Å². The van der Waals surface area contributed by atoms with Gasteiger partial charge in [0.15, 0.2) is 0 Å². The van der Waals surface area contributed by atoms with Crippen molar-refractivity contribution in [3.05, 3.63) is 35.9 Å². The van der Waals surface area contributed by atoms with Crippen LogP contribution in [0.15, 0.2) is 30.3 Å². The third-order valence-corrected chi connectivity index (χ3v) is 5.26. The molecule has 3 rings (SSSR count). The molecule has 2 fully saturated rings. The minimum Gasteiger partial charge on any atom is -0.466 e. The maximum Gasteiger partial charge on any atom is 0.313 e. The van der Waals surface area contributed by atoms with Crippen molar-refractivity contribution < 1.29 is 24.2 Å². The van der Waals surface area contributed by atoms with E-state index < -0.39 is 34.9 Å².